The summed E-state index contributed by atoms with van der Waals surface area (Å²) in [6, 6.07) is 0. The summed E-state index contributed by atoms with van der Waals surface area (Å²) in [5, 5.41) is 9.68. The Morgan fingerprint density at radius 2 is 2.07 bits per heavy atom. The van der Waals surface area contributed by atoms with Crippen molar-refractivity contribution in [2.24, 2.45) is 0 Å². The first-order chi connectivity index (χ1) is 6.43. The van der Waals surface area contributed by atoms with Gasteiger partial charge in [-0.05, 0) is 5.92 Å². The number of aromatic nitrogens is 1. The summed E-state index contributed by atoms with van der Waals surface area (Å²) in [4.78, 5) is 17.6. The lowest BCUT2D eigenvalue weighted by atomic mass is 10.1. The van der Waals surface area contributed by atoms with Crippen LogP contribution in [0.2, 0.25) is 0 Å². The zero-order valence-corrected chi connectivity index (χ0v) is 9.55. The predicted octanol–water partition coefficient (Wildman–Crippen LogP) is 2.03. The van der Waals surface area contributed by atoms with Crippen LogP contribution in [0.5, 0.6) is 0 Å². The molecule has 0 aliphatic carbocycles. The summed E-state index contributed by atoms with van der Waals surface area (Å²) in [6.07, 6.45) is 0. The summed E-state index contributed by atoms with van der Waals surface area (Å²) in [5.74, 6) is -0.745. The number of thiazole rings is 1. The Morgan fingerprint density at radius 1 is 1.50 bits per heavy atom. The number of hydrogen-bond acceptors (Lipinski definition) is 4. The molecule has 0 fully saturated rings. The number of nitrogens with zero attached hydrogens (tertiary/aromatic N) is 2. The lowest BCUT2D eigenvalue weighted by Gasteiger charge is -2.05. The van der Waals surface area contributed by atoms with Crippen LogP contribution in [0.4, 0.5) is 5.13 Å². The van der Waals surface area contributed by atoms with E-state index < -0.39 is 5.97 Å². The lowest BCUT2D eigenvalue weighted by Crippen LogP contribution is -2.08. The second kappa shape index (κ2) is 3.96. The van der Waals surface area contributed by atoms with Crippen LogP contribution < -0.4 is 4.90 Å². The van der Waals surface area contributed by atoms with Crippen molar-refractivity contribution in [1.29, 1.82) is 0 Å². The molecule has 0 atom stereocenters. The molecule has 0 aliphatic heterocycles. The molecule has 14 heavy (non-hydrogen) atoms. The highest BCUT2D eigenvalue weighted by Crippen LogP contribution is 2.30. The molecule has 0 spiro atoms. The Labute approximate surface area is 87.2 Å². The van der Waals surface area contributed by atoms with Crippen LogP contribution in [0.15, 0.2) is 0 Å². The second-order valence-electron chi connectivity index (χ2n) is 3.56. The first kappa shape index (κ1) is 11.0. The number of carbonyl (C=O) groups is 1. The topological polar surface area (TPSA) is 53.4 Å². The molecule has 0 amide bonds. The Balaban J connectivity index is 3.19. The molecule has 0 bridgehead atoms. The fraction of sp³-hybridized carbons (Fsp3) is 0.556. The molecule has 0 aromatic carbocycles. The first-order valence-electron chi connectivity index (χ1n) is 4.34. The van der Waals surface area contributed by atoms with E-state index >= 15 is 0 Å². The average molecular weight is 214 g/mol. The quantitative estimate of drug-likeness (QED) is 0.836. The number of aromatic carboxylic acids is 1. The molecule has 1 aromatic heterocycles. The van der Waals surface area contributed by atoms with E-state index in [1.807, 2.05) is 32.8 Å². The van der Waals surface area contributed by atoms with Crippen molar-refractivity contribution < 1.29 is 9.90 Å². The summed E-state index contributed by atoms with van der Waals surface area (Å²) >= 11 is 1.44. The second-order valence-corrected chi connectivity index (χ2v) is 4.57. The van der Waals surface area contributed by atoms with Gasteiger partial charge in [-0.3, -0.25) is 0 Å². The Hall–Kier alpha value is -1.10. The van der Waals surface area contributed by atoms with Gasteiger partial charge in [0.15, 0.2) is 10.8 Å². The van der Waals surface area contributed by atoms with Crippen molar-refractivity contribution in [3.8, 4) is 0 Å². The lowest BCUT2D eigenvalue weighted by molar-refractivity contribution is 0.0690. The number of carboxylic acids is 1. The van der Waals surface area contributed by atoms with Crippen molar-refractivity contribution in [2.45, 2.75) is 19.8 Å². The Kier molecular flexibility index (Phi) is 3.10. The third-order valence-corrected chi connectivity index (χ3v) is 3.28. The van der Waals surface area contributed by atoms with E-state index in [1.54, 1.807) is 0 Å². The third-order valence-electron chi connectivity index (χ3n) is 1.75. The zero-order chi connectivity index (χ0) is 10.9. The molecule has 1 heterocycles. The van der Waals surface area contributed by atoms with E-state index in [0.717, 1.165) is 10.0 Å². The molecule has 0 saturated heterocycles. The minimum Gasteiger partial charge on any atom is -0.476 e. The molecule has 0 unspecified atom stereocenters. The highest BCUT2D eigenvalue weighted by molar-refractivity contribution is 7.16. The monoisotopic (exact) mass is 214 g/mol. The number of carboxylic acid groups (broad SMARTS) is 1. The molecular weight excluding hydrogens is 200 g/mol. The van der Waals surface area contributed by atoms with E-state index in [9.17, 15) is 4.79 Å². The maximum Gasteiger partial charge on any atom is 0.355 e. The van der Waals surface area contributed by atoms with E-state index in [4.69, 9.17) is 5.11 Å². The van der Waals surface area contributed by atoms with Crippen molar-refractivity contribution in [1.82, 2.24) is 4.98 Å². The minimum absolute atomic E-state index is 0.189. The normalized spacial score (nSPS) is 10.6. The van der Waals surface area contributed by atoms with Gasteiger partial charge in [-0.25, -0.2) is 9.78 Å². The highest BCUT2D eigenvalue weighted by atomic mass is 32.1. The number of rotatable bonds is 3. The van der Waals surface area contributed by atoms with Crippen molar-refractivity contribution >= 4 is 22.4 Å². The van der Waals surface area contributed by atoms with E-state index in [0.29, 0.717) is 0 Å². The van der Waals surface area contributed by atoms with Gasteiger partial charge in [0.25, 0.3) is 0 Å². The molecule has 1 N–H and O–H groups in total. The summed E-state index contributed by atoms with van der Waals surface area (Å²) in [7, 11) is 3.71. The molecule has 0 saturated carbocycles. The molecular formula is C9H14N2O2S. The van der Waals surface area contributed by atoms with Gasteiger partial charge in [-0.2, -0.15) is 0 Å². The maximum atomic E-state index is 10.9. The van der Waals surface area contributed by atoms with Crippen LogP contribution in [-0.2, 0) is 0 Å². The average Bonchev–Trinajstić information content (AvgIpc) is 2.47. The molecule has 0 radical (unpaired) electrons. The SMILES string of the molecule is CC(C)c1sc(N(C)C)nc1C(=O)O. The fourth-order valence-electron chi connectivity index (χ4n) is 1.06. The maximum absolute atomic E-state index is 10.9. The molecule has 5 heteroatoms. The fourth-order valence-corrected chi connectivity index (χ4v) is 2.04. The van der Waals surface area contributed by atoms with Gasteiger partial charge in [-0.15, -0.1) is 11.3 Å². The van der Waals surface area contributed by atoms with Gasteiger partial charge in [0.2, 0.25) is 0 Å². The molecule has 4 nitrogen and oxygen atoms in total. The highest BCUT2D eigenvalue weighted by Gasteiger charge is 2.20. The van der Waals surface area contributed by atoms with Crippen LogP contribution in [0.3, 0.4) is 0 Å². The third kappa shape index (κ3) is 2.04. The molecule has 1 aromatic rings. The molecule has 78 valence electrons. The van der Waals surface area contributed by atoms with Gasteiger partial charge in [0.1, 0.15) is 0 Å². The van der Waals surface area contributed by atoms with Gasteiger partial charge in [0.05, 0.1) is 0 Å². The number of hydrogen-bond donors (Lipinski definition) is 1. The van der Waals surface area contributed by atoms with E-state index in [-0.39, 0.29) is 11.6 Å². The predicted molar refractivity (Wildman–Crippen MR) is 57.5 cm³/mol. The van der Waals surface area contributed by atoms with Crippen LogP contribution in [-0.4, -0.2) is 30.2 Å². The first-order valence-corrected chi connectivity index (χ1v) is 5.16. The van der Waals surface area contributed by atoms with E-state index in [1.165, 1.54) is 11.3 Å². The zero-order valence-electron chi connectivity index (χ0n) is 8.74. The van der Waals surface area contributed by atoms with Crippen LogP contribution in [0.25, 0.3) is 0 Å². The minimum atomic E-state index is -0.946. The van der Waals surface area contributed by atoms with Gasteiger partial charge in [-0.1, -0.05) is 13.8 Å². The molecule has 1 rings (SSSR count). The van der Waals surface area contributed by atoms with Crippen LogP contribution in [0.1, 0.15) is 35.1 Å². The Bertz CT molecular complexity index is 345. The number of anilines is 1. The van der Waals surface area contributed by atoms with Gasteiger partial charge >= 0.3 is 5.97 Å². The summed E-state index contributed by atoms with van der Waals surface area (Å²) < 4.78 is 0. The van der Waals surface area contributed by atoms with E-state index in [2.05, 4.69) is 4.98 Å². The van der Waals surface area contributed by atoms with Crippen LogP contribution in [0, 0.1) is 0 Å². The van der Waals surface area contributed by atoms with Crippen LogP contribution >= 0.6 is 11.3 Å². The van der Waals surface area contributed by atoms with Gasteiger partial charge in [0, 0.05) is 19.0 Å². The largest absolute Gasteiger partial charge is 0.476 e. The molecule has 0 aliphatic rings. The van der Waals surface area contributed by atoms with Gasteiger partial charge < -0.3 is 10.0 Å². The smallest absolute Gasteiger partial charge is 0.355 e. The summed E-state index contributed by atoms with van der Waals surface area (Å²) in [6.45, 7) is 3.94. The van der Waals surface area contributed by atoms with Crippen molar-refractivity contribution in [3.05, 3.63) is 10.6 Å². The Morgan fingerprint density at radius 3 is 2.36 bits per heavy atom. The van der Waals surface area contributed by atoms with Crippen molar-refractivity contribution in [2.75, 3.05) is 19.0 Å². The summed E-state index contributed by atoms with van der Waals surface area (Å²) in [5.41, 5.74) is 0.189. The standard InChI is InChI=1S/C9H14N2O2S/c1-5(2)7-6(8(12)13)10-9(14-7)11(3)4/h5H,1-4H3,(H,12,13). The van der Waals surface area contributed by atoms with Crippen molar-refractivity contribution in [3.63, 3.8) is 0 Å².